The number of nitrogens with zero attached hydrogens (tertiary/aromatic N) is 6. The van der Waals surface area contributed by atoms with Gasteiger partial charge in [-0.05, 0) is 49.1 Å². The van der Waals surface area contributed by atoms with Crippen LogP contribution in [0.1, 0.15) is 25.5 Å². The molecule has 1 atom stereocenters. The molecule has 1 aliphatic heterocycles. The van der Waals surface area contributed by atoms with E-state index in [2.05, 4.69) is 21.0 Å². The Bertz CT molecular complexity index is 1740. The summed E-state index contributed by atoms with van der Waals surface area (Å²) < 4.78 is 21.9. The molecule has 9 heteroatoms. The summed E-state index contributed by atoms with van der Waals surface area (Å²) in [7, 11) is 0. The molecule has 1 aliphatic rings. The van der Waals surface area contributed by atoms with Gasteiger partial charge in [0.05, 0.1) is 22.6 Å². The second-order valence-corrected chi connectivity index (χ2v) is 9.13. The molecule has 8 nitrogen and oxygen atoms in total. The van der Waals surface area contributed by atoms with E-state index in [1.165, 1.54) is 12.1 Å². The van der Waals surface area contributed by atoms with Gasteiger partial charge in [0.2, 0.25) is 0 Å². The lowest BCUT2D eigenvalue weighted by molar-refractivity contribution is -0.0368. The van der Waals surface area contributed by atoms with E-state index in [1.807, 2.05) is 35.3 Å². The van der Waals surface area contributed by atoms with E-state index in [4.69, 9.17) is 19.8 Å². The lowest BCUT2D eigenvalue weighted by atomic mass is 10.1. The summed E-state index contributed by atoms with van der Waals surface area (Å²) in [6, 6.07) is 12.4. The van der Waals surface area contributed by atoms with Gasteiger partial charge in [-0.1, -0.05) is 18.2 Å². The van der Waals surface area contributed by atoms with Crippen molar-refractivity contribution in [1.29, 1.82) is 0 Å². The van der Waals surface area contributed by atoms with Gasteiger partial charge in [0, 0.05) is 48.1 Å². The zero-order valence-electron chi connectivity index (χ0n) is 19.8. The van der Waals surface area contributed by atoms with Crippen LogP contribution < -0.4 is 0 Å². The van der Waals surface area contributed by atoms with Crippen molar-refractivity contribution in [2.24, 2.45) is 0 Å². The Morgan fingerprint density at radius 2 is 1.89 bits per heavy atom. The van der Waals surface area contributed by atoms with Gasteiger partial charge in [0.1, 0.15) is 11.5 Å². The monoisotopic (exact) mass is 491 g/mol. The number of fused-ring (bicyclic) bond motifs is 2. The minimum Gasteiger partial charge on any atom is -0.356 e. The molecule has 0 saturated carbocycles. The SMILES string of the molecule is Fc1cccc(-c2cncc3[nH]c(-c4nn(C5CCCCO5)c5ncc(-c6cccnc6)cc45)nc23)c1. The quantitative estimate of drug-likeness (QED) is 0.328. The maximum atomic E-state index is 14.0. The van der Waals surface area contributed by atoms with Gasteiger partial charge >= 0.3 is 0 Å². The molecule has 0 spiro atoms. The second kappa shape index (κ2) is 8.86. The fourth-order valence-electron chi connectivity index (χ4n) is 4.92. The number of nitrogens with one attached hydrogen (secondary N) is 1. The highest BCUT2D eigenvalue weighted by Crippen LogP contribution is 2.35. The predicted molar refractivity (Wildman–Crippen MR) is 138 cm³/mol. The van der Waals surface area contributed by atoms with Crippen LogP contribution in [-0.4, -0.2) is 41.3 Å². The molecule has 0 amide bonds. The highest BCUT2D eigenvalue weighted by atomic mass is 19.1. The first-order valence-corrected chi connectivity index (χ1v) is 12.2. The molecule has 6 heterocycles. The molecular weight excluding hydrogens is 469 g/mol. The van der Waals surface area contributed by atoms with Crippen molar-refractivity contribution in [3.8, 4) is 33.8 Å². The number of imidazole rings is 1. The van der Waals surface area contributed by atoms with Gasteiger partial charge in [0.15, 0.2) is 17.7 Å². The van der Waals surface area contributed by atoms with Gasteiger partial charge in [-0.25, -0.2) is 19.0 Å². The number of H-pyrrole nitrogens is 1. The van der Waals surface area contributed by atoms with Crippen LogP contribution in [0, 0.1) is 5.82 Å². The highest BCUT2D eigenvalue weighted by Gasteiger charge is 2.25. The molecule has 6 aromatic rings. The summed E-state index contributed by atoms with van der Waals surface area (Å²) in [4.78, 5) is 21.7. The first-order chi connectivity index (χ1) is 18.2. The van der Waals surface area contributed by atoms with Crippen molar-refractivity contribution in [2.75, 3.05) is 6.61 Å². The van der Waals surface area contributed by atoms with Gasteiger partial charge in [-0.15, -0.1) is 0 Å². The third-order valence-electron chi connectivity index (χ3n) is 6.72. The summed E-state index contributed by atoms with van der Waals surface area (Å²) >= 11 is 0. The standard InChI is InChI=1S/C28H22FN7O/c29-20-7-3-5-17(11-20)22-15-31-16-23-25(22)34-27(33-23)26-21-12-19(18-6-4-9-30-13-18)14-32-28(21)36(35-26)24-8-1-2-10-37-24/h3-7,9,11-16,24H,1-2,8,10H2,(H,33,34). The maximum Gasteiger partial charge on any atom is 0.161 e. The number of rotatable bonds is 4. The Labute approximate surface area is 211 Å². The summed E-state index contributed by atoms with van der Waals surface area (Å²) in [6.45, 7) is 0.697. The normalized spacial score (nSPS) is 16.0. The van der Waals surface area contributed by atoms with E-state index in [1.54, 1.807) is 24.7 Å². The Hall–Kier alpha value is -4.50. The van der Waals surface area contributed by atoms with Gasteiger partial charge in [-0.3, -0.25) is 9.97 Å². The van der Waals surface area contributed by atoms with Crippen LogP contribution in [0.2, 0.25) is 0 Å². The first kappa shape index (κ1) is 21.8. The lowest BCUT2D eigenvalue weighted by Crippen LogP contribution is -2.19. The molecule has 0 bridgehead atoms. The van der Waals surface area contributed by atoms with E-state index in [9.17, 15) is 4.39 Å². The third-order valence-corrected chi connectivity index (χ3v) is 6.72. The average Bonchev–Trinajstić information content (AvgIpc) is 3.55. The number of hydrogen-bond acceptors (Lipinski definition) is 6. The molecule has 182 valence electrons. The van der Waals surface area contributed by atoms with E-state index >= 15 is 0 Å². The summed E-state index contributed by atoms with van der Waals surface area (Å²) in [5.74, 6) is 0.279. The summed E-state index contributed by atoms with van der Waals surface area (Å²) in [5, 5.41) is 5.83. The van der Waals surface area contributed by atoms with Crippen LogP contribution in [0.4, 0.5) is 4.39 Å². The zero-order chi connectivity index (χ0) is 24.8. The van der Waals surface area contributed by atoms with Crippen LogP contribution in [0.25, 0.3) is 55.8 Å². The van der Waals surface area contributed by atoms with Crippen molar-refractivity contribution in [2.45, 2.75) is 25.5 Å². The molecule has 1 unspecified atom stereocenters. The van der Waals surface area contributed by atoms with E-state index in [0.29, 0.717) is 29.2 Å². The predicted octanol–water partition coefficient (Wildman–Crippen LogP) is 5.94. The Morgan fingerprint density at radius 1 is 0.946 bits per heavy atom. The molecule has 1 saturated heterocycles. The molecule has 7 rings (SSSR count). The Morgan fingerprint density at radius 3 is 2.73 bits per heavy atom. The van der Waals surface area contributed by atoms with Crippen LogP contribution in [0.15, 0.2) is 73.4 Å². The van der Waals surface area contributed by atoms with Crippen molar-refractivity contribution >= 4 is 22.1 Å². The highest BCUT2D eigenvalue weighted by molar-refractivity contribution is 5.97. The summed E-state index contributed by atoms with van der Waals surface area (Å²) in [5.41, 5.74) is 6.20. The molecule has 37 heavy (non-hydrogen) atoms. The average molecular weight is 492 g/mol. The van der Waals surface area contributed by atoms with Crippen molar-refractivity contribution < 1.29 is 9.13 Å². The molecule has 1 aromatic carbocycles. The number of halogens is 1. The van der Waals surface area contributed by atoms with Crippen LogP contribution in [0.3, 0.4) is 0 Å². The number of aromatic nitrogens is 7. The smallest absolute Gasteiger partial charge is 0.161 e. The first-order valence-electron chi connectivity index (χ1n) is 12.2. The number of benzene rings is 1. The minimum absolute atomic E-state index is 0.185. The van der Waals surface area contributed by atoms with E-state index < -0.39 is 0 Å². The van der Waals surface area contributed by atoms with Gasteiger partial charge in [0.25, 0.3) is 0 Å². The molecule has 1 N–H and O–H groups in total. The van der Waals surface area contributed by atoms with Gasteiger partial charge < -0.3 is 9.72 Å². The molecule has 1 fully saturated rings. The zero-order valence-corrected chi connectivity index (χ0v) is 19.8. The Kier molecular flexibility index (Phi) is 5.21. The minimum atomic E-state index is -0.309. The van der Waals surface area contributed by atoms with Crippen LogP contribution in [0.5, 0.6) is 0 Å². The van der Waals surface area contributed by atoms with Crippen LogP contribution in [-0.2, 0) is 4.74 Å². The van der Waals surface area contributed by atoms with Gasteiger partial charge in [-0.2, -0.15) is 5.10 Å². The number of pyridine rings is 3. The number of hydrogen-bond donors (Lipinski definition) is 1. The molecular formula is C28H22FN7O. The van der Waals surface area contributed by atoms with E-state index in [-0.39, 0.29) is 12.0 Å². The van der Waals surface area contributed by atoms with Crippen LogP contribution >= 0.6 is 0 Å². The number of aromatic amines is 1. The summed E-state index contributed by atoms with van der Waals surface area (Å²) in [6.07, 6.45) is 11.6. The molecule has 5 aromatic heterocycles. The van der Waals surface area contributed by atoms with Crippen molar-refractivity contribution in [3.05, 3.63) is 79.3 Å². The van der Waals surface area contributed by atoms with Crippen molar-refractivity contribution in [1.82, 2.24) is 34.7 Å². The third kappa shape index (κ3) is 3.84. The topological polar surface area (TPSA) is 94.4 Å². The fraction of sp³-hybridized carbons (Fsp3) is 0.179. The van der Waals surface area contributed by atoms with Crippen molar-refractivity contribution in [3.63, 3.8) is 0 Å². The molecule has 0 aliphatic carbocycles. The fourth-order valence-corrected chi connectivity index (χ4v) is 4.92. The van der Waals surface area contributed by atoms with E-state index in [0.717, 1.165) is 52.5 Å². The number of ether oxygens (including phenoxy) is 1. The maximum absolute atomic E-state index is 14.0. The largest absolute Gasteiger partial charge is 0.356 e. The Balaban J connectivity index is 1.43. The second-order valence-electron chi connectivity index (χ2n) is 9.13. The molecule has 0 radical (unpaired) electrons. The lowest BCUT2D eigenvalue weighted by Gasteiger charge is -2.23.